The van der Waals surface area contributed by atoms with Gasteiger partial charge in [0, 0.05) is 36.3 Å². The van der Waals surface area contributed by atoms with Crippen molar-refractivity contribution in [3.63, 3.8) is 0 Å². The maximum Gasteiger partial charge on any atom is 0.189 e. The number of benzene rings is 2. The highest BCUT2D eigenvalue weighted by Crippen LogP contribution is 2.31. The molecule has 1 saturated heterocycles. The third-order valence-electron chi connectivity index (χ3n) is 4.94. The van der Waals surface area contributed by atoms with Crippen LogP contribution < -0.4 is 9.64 Å². The summed E-state index contributed by atoms with van der Waals surface area (Å²) in [5, 5.41) is 0. The number of carbonyl (C=O) groups excluding carboxylic acids is 1. The molecule has 4 rings (SSSR count). The Bertz CT molecular complexity index is 799. The highest BCUT2D eigenvalue weighted by atomic mass is 16.5. The van der Waals surface area contributed by atoms with E-state index in [1.807, 2.05) is 24.3 Å². The summed E-state index contributed by atoms with van der Waals surface area (Å²) in [4.78, 5) is 15.0. The maximum atomic E-state index is 12.6. The average molecular weight is 319 g/mol. The van der Waals surface area contributed by atoms with Gasteiger partial charge in [-0.15, -0.1) is 0 Å². The van der Waals surface area contributed by atoms with Crippen molar-refractivity contribution in [3.05, 3.63) is 64.7 Å². The van der Waals surface area contributed by atoms with E-state index in [1.54, 1.807) is 7.11 Å². The molecule has 3 nitrogen and oxygen atoms in total. The summed E-state index contributed by atoms with van der Waals surface area (Å²) in [6.07, 6.45) is 5.28. The molecular weight excluding hydrogens is 298 g/mol. The first-order valence-corrected chi connectivity index (χ1v) is 8.52. The van der Waals surface area contributed by atoms with Crippen molar-refractivity contribution in [2.45, 2.75) is 19.3 Å². The van der Waals surface area contributed by atoms with Gasteiger partial charge in [0.05, 0.1) is 7.11 Å². The van der Waals surface area contributed by atoms with Crippen LogP contribution in [0.4, 0.5) is 5.69 Å². The summed E-state index contributed by atoms with van der Waals surface area (Å²) >= 11 is 0. The molecular formula is C21H21NO2. The lowest BCUT2D eigenvalue weighted by molar-refractivity contribution is 0.104. The van der Waals surface area contributed by atoms with E-state index in [9.17, 15) is 4.79 Å². The van der Waals surface area contributed by atoms with E-state index >= 15 is 0 Å². The van der Waals surface area contributed by atoms with Gasteiger partial charge in [-0.2, -0.15) is 0 Å². The molecule has 0 atom stereocenters. The van der Waals surface area contributed by atoms with Crippen molar-refractivity contribution >= 4 is 17.5 Å². The van der Waals surface area contributed by atoms with Gasteiger partial charge in [0.2, 0.25) is 0 Å². The largest absolute Gasteiger partial charge is 0.497 e. The van der Waals surface area contributed by atoms with Crippen LogP contribution in [0, 0.1) is 0 Å². The zero-order valence-electron chi connectivity index (χ0n) is 13.9. The number of fused-ring (bicyclic) bond motifs is 1. The van der Waals surface area contributed by atoms with Gasteiger partial charge in [0.25, 0.3) is 0 Å². The molecule has 0 amide bonds. The van der Waals surface area contributed by atoms with Gasteiger partial charge in [-0.1, -0.05) is 18.2 Å². The van der Waals surface area contributed by atoms with Gasteiger partial charge in [-0.05, 0) is 54.3 Å². The number of Topliss-reactive ketones (excluding diaryl/α,β-unsaturated/α-hetero) is 1. The average Bonchev–Trinajstić information content (AvgIpc) is 3.25. The molecule has 0 spiro atoms. The van der Waals surface area contributed by atoms with Crippen LogP contribution in [0.5, 0.6) is 5.75 Å². The zero-order chi connectivity index (χ0) is 16.5. The van der Waals surface area contributed by atoms with Crippen LogP contribution in [0.2, 0.25) is 0 Å². The second-order valence-corrected chi connectivity index (χ2v) is 6.48. The fourth-order valence-electron chi connectivity index (χ4n) is 3.58. The Hall–Kier alpha value is -2.55. The molecule has 122 valence electrons. The van der Waals surface area contributed by atoms with E-state index in [0.717, 1.165) is 41.1 Å². The number of anilines is 1. The number of allylic oxidation sites excluding steroid dienone is 1. The summed E-state index contributed by atoms with van der Waals surface area (Å²) < 4.78 is 5.23. The van der Waals surface area contributed by atoms with Crippen molar-refractivity contribution in [1.82, 2.24) is 0 Å². The zero-order valence-corrected chi connectivity index (χ0v) is 13.9. The van der Waals surface area contributed by atoms with Crippen LogP contribution in [0.15, 0.2) is 48.0 Å². The van der Waals surface area contributed by atoms with Crippen molar-refractivity contribution in [3.8, 4) is 5.75 Å². The molecule has 0 bridgehead atoms. The maximum absolute atomic E-state index is 12.6. The lowest BCUT2D eigenvalue weighted by atomic mass is 10.1. The van der Waals surface area contributed by atoms with Crippen LogP contribution >= 0.6 is 0 Å². The molecule has 1 heterocycles. The molecule has 0 unspecified atom stereocenters. The smallest absolute Gasteiger partial charge is 0.189 e. The molecule has 2 aliphatic rings. The summed E-state index contributed by atoms with van der Waals surface area (Å²) in [5.74, 6) is 0.853. The number of nitrogens with zero attached hydrogens (tertiary/aromatic N) is 1. The van der Waals surface area contributed by atoms with E-state index in [2.05, 4.69) is 29.2 Å². The molecule has 2 aromatic carbocycles. The quantitative estimate of drug-likeness (QED) is 0.797. The first kappa shape index (κ1) is 15.0. The van der Waals surface area contributed by atoms with Crippen molar-refractivity contribution in [1.29, 1.82) is 0 Å². The molecule has 0 radical (unpaired) electrons. The van der Waals surface area contributed by atoms with Crippen LogP contribution in [0.1, 0.15) is 34.3 Å². The molecule has 0 N–H and O–H groups in total. The van der Waals surface area contributed by atoms with Crippen molar-refractivity contribution in [2.24, 2.45) is 0 Å². The fourth-order valence-corrected chi connectivity index (χ4v) is 3.58. The normalized spacial score (nSPS) is 18.3. The number of methoxy groups -OCH3 is 1. The standard InChI is InChI=1S/C21H21NO2/c1-24-19-9-6-16-13-17(21(23)20(16)14-19)12-15-4-7-18(8-5-15)22-10-2-3-11-22/h4-9,12,14H,2-3,10-11,13H2,1H3/b17-12-. The third kappa shape index (κ3) is 2.71. The van der Waals surface area contributed by atoms with Gasteiger partial charge in [-0.3, -0.25) is 4.79 Å². The molecule has 1 aliphatic heterocycles. The van der Waals surface area contributed by atoms with E-state index in [4.69, 9.17) is 4.74 Å². The lowest BCUT2D eigenvalue weighted by Gasteiger charge is -2.17. The Morgan fingerprint density at radius 1 is 1.04 bits per heavy atom. The van der Waals surface area contributed by atoms with E-state index in [0.29, 0.717) is 6.42 Å². The SMILES string of the molecule is COc1ccc2c(c1)C(=O)/C(=C\c1ccc(N3CCCC3)cc1)C2. The van der Waals surface area contributed by atoms with Crippen LogP contribution in [-0.2, 0) is 6.42 Å². The van der Waals surface area contributed by atoms with Crippen molar-refractivity contribution in [2.75, 3.05) is 25.1 Å². The Labute approximate surface area is 142 Å². The molecule has 1 fully saturated rings. The van der Waals surface area contributed by atoms with Crippen LogP contribution in [0.3, 0.4) is 0 Å². The number of rotatable bonds is 3. The minimum atomic E-state index is 0.118. The predicted molar refractivity (Wildman–Crippen MR) is 96.9 cm³/mol. The topological polar surface area (TPSA) is 29.5 Å². The summed E-state index contributed by atoms with van der Waals surface area (Å²) in [6.45, 7) is 2.30. The Kier molecular flexibility index (Phi) is 3.85. The molecule has 0 aromatic heterocycles. The molecule has 2 aromatic rings. The van der Waals surface area contributed by atoms with Gasteiger partial charge < -0.3 is 9.64 Å². The summed E-state index contributed by atoms with van der Waals surface area (Å²) in [7, 11) is 1.62. The number of hydrogen-bond acceptors (Lipinski definition) is 3. The van der Waals surface area contributed by atoms with Crippen molar-refractivity contribution < 1.29 is 9.53 Å². The first-order chi connectivity index (χ1) is 11.7. The minimum absolute atomic E-state index is 0.118. The first-order valence-electron chi connectivity index (χ1n) is 8.52. The number of carbonyl (C=O) groups is 1. The van der Waals surface area contributed by atoms with Gasteiger partial charge in [0.1, 0.15) is 5.75 Å². The van der Waals surface area contributed by atoms with Gasteiger partial charge in [0.15, 0.2) is 5.78 Å². The second-order valence-electron chi connectivity index (χ2n) is 6.48. The third-order valence-corrected chi connectivity index (χ3v) is 4.94. The monoisotopic (exact) mass is 319 g/mol. The van der Waals surface area contributed by atoms with Gasteiger partial charge in [-0.25, -0.2) is 0 Å². The molecule has 0 saturated carbocycles. The molecule has 3 heteroatoms. The Morgan fingerprint density at radius 2 is 1.79 bits per heavy atom. The summed E-state index contributed by atoms with van der Waals surface area (Å²) in [5.41, 5.74) is 5.07. The Balaban J connectivity index is 1.57. The van der Waals surface area contributed by atoms with E-state index in [1.165, 1.54) is 18.5 Å². The van der Waals surface area contributed by atoms with E-state index in [-0.39, 0.29) is 5.78 Å². The van der Waals surface area contributed by atoms with Crippen LogP contribution in [0.25, 0.3) is 6.08 Å². The highest BCUT2D eigenvalue weighted by molar-refractivity contribution is 6.15. The predicted octanol–water partition coefficient (Wildman–Crippen LogP) is 4.12. The van der Waals surface area contributed by atoms with E-state index < -0.39 is 0 Å². The van der Waals surface area contributed by atoms with Crippen LogP contribution in [-0.4, -0.2) is 26.0 Å². The Morgan fingerprint density at radius 3 is 2.50 bits per heavy atom. The number of ether oxygens (including phenoxy) is 1. The lowest BCUT2D eigenvalue weighted by Crippen LogP contribution is -2.17. The minimum Gasteiger partial charge on any atom is -0.497 e. The highest BCUT2D eigenvalue weighted by Gasteiger charge is 2.25. The molecule has 24 heavy (non-hydrogen) atoms. The fraction of sp³-hybridized carbons (Fsp3) is 0.286. The summed E-state index contributed by atoms with van der Waals surface area (Å²) in [6, 6.07) is 14.3. The number of hydrogen-bond donors (Lipinski definition) is 0. The van der Waals surface area contributed by atoms with Gasteiger partial charge >= 0.3 is 0 Å². The second kappa shape index (κ2) is 6.16. The molecule has 1 aliphatic carbocycles. The number of ketones is 1.